The van der Waals surface area contributed by atoms with Gasteiger partial charge in [-0.05, 0) is 49.4 Å². The average molecular weight is 225 g/mol. The fourth-order valence-electron chi connectivity index (χ4n) is 1.78. The summed E-state index contributed by atoms with van der Waals surface area (Å²) in [7, 11) is 0. The van der Waals surface area contributed by atoms with E-state index in [0.717, 1.165) is 18.5 Å². The second kappa shape index (κ2) is 4.91. The van der Waals surface area contributed by atoms with Crippen LogP contribution in [0.4, 0.5) is 8.78 Å². The van der Waals surface area contributed by atoms with E-state index in [0.29, 0.717) is 6.04 Å². The van der Waals surface area contributed by atoms with Gasteiger partial charge in [0.25, 0.3) is 0 Å². The van der Waals surface area contributed by atoms with Gasteiger partial charge in [0.05, 0.1) is 0 Å². The number of benzene rings is 1. The summed E-state index contributed by atoms with van der Waals surface area (Å²) in [6, 6.07) is 4.88. The van der Waals surface area contributed by atoms with Crippen LogP contribution >= 0.6 is 0 Å². The molecule has 3 heteroatoms. The molecule has 0 radical (unpaired) electrons. The van der Waals surface area contributed by atoms with Crippen LogP contribution < -0.4 is 5.32 Å². The van der Waals surface area contributed by atoms with Crippen molar-refractivity contribution in [1.82, 2.24) is 5.32 Å². The number of hydrogen-bond donors (Lipinski definition) is 1. The molecule has 0 amide bonds. The lowest BCUT2D eigenvalue weighted by Gasteiger charge is -2.12. The molecule has 1 aliphatic rings. The molecule has 1 aromatic carbocycles. The van der Waals surface area contributed by atoms with E-state index in [1.54, 1.807) is 6.07 Å². The standard InChI is InChI=1S/C13H17F2N/c1-9(6-7-16-11-3-4-11)10-2-5-12(14)13(15)8-10/h2,5,8-9,11,16H,3-4,6-7H2,1H3. The average Bonchev–Trinajstić information content (AvgIpc) is 3.06. The minimum atomic E-state index is -0.771. The molecule has 1 fully saturated rings. The molecule has 0 heterocycles. The molecular weight excluding hydrogens is 208 g/mol. The van der Waals surface area contributed by atoms with Crippen molar-refractivity contribution in [2.75, 3.05) is 6.54 Å². The van der Waals surface area contributed by atoms with Gasteiger partial charge in [0, 0.05) is 6.04 Å². The zero-order chi connectivity index (χ0) is 11.5. The Balaban J connectivity index is 1.86. The number of rotatable bonds is 5. The third-order valence-electron chi connectivity index (χ3n) is 3.10. The van der Waals surface area contributed by atoms with Crippen LogP contribution in [0.25, 0.3) is 0 Å². The molecule has 1 nitrogen and oxygen atoms in total. The first-order chi connectivity index (χ1) is 7.66. The maximum Gasteiger partial charge on any atom is 0.159 e. The molecule has 1 aromatic rings. The SMILES string of the molecule is CC(CCNC1CC1)c1ccc(F)c(F)c1. The molecule has 1 unspecified atom stereocenters. The van der Waals surface area contributed by atoms with Crippen molar-refractivity contribution in [3.05, 3.63) is 35.4 Å². The molecular formula is C13H17F2N. The van der Waals surface area contributed by atoms with Crippen LogP contribution in [-0.2, 0) is 0 Å². The summed E-state index contributed by atoms with van der Waals surface area (Å²) in [6.07, 6.45) is 3.51. The summed E-state index contributed by atoms with van der Waals surface area (Å²) in [6.45, 7) is 2.99. The number of halogens is 2. The topological polar surface area (TPSA) is 12.0 Å². The normalized spacial score (nSPS) is 17.4. The third-order valence-corrected chi connectivity index (χ3v) is 3.10. The highest BCUT2D eigenvalue weighted by atomic mass is 19.2. The minimum Gasteiger partial charge on any atom is -0.314 e. The maximum atomic E-state index is 13.0. The van der Waals surface area contributed by atoms with Crippen LogP contribution in [0, 0.1) is 11.6 Å². The molecule has 1 aliphatic carbocycles. The Morgan fingerprint density at radius 2 is 2.06 bits per heavy atom. The Kier molecular flexibility index (Phi) is 3.54. The first-order valence-electron chi connectivity index (χ1n) is 5.85. The fraction of sp³-hybridized carbons (Fsp3) is 0.538. The van der Waals surface area contributed by atoms with Crippen LogP contribution in [0.5, 0.6) is 0 Å². The van der Waals surface area contributed by atoms with E-state index in [2.05, 4.69) is 5.32 Å². The van der Waals surface area contributed by atoms with Crippen LogP contribution in [0.1, 0.15) is 37.7 Å². The Hall–Kier alpha value is -0.960. The van der Waals surface area contributed by atoms with Crippen molar-refractivity contribution in [3.63, 3.8) is 0 Å². The zero-order valence-corrected chi connectivity index (χ0v) is 9.47. The van der Waals surface area contributed by atoms with Gasteiger partial charge < -0.3 is 5.32 Å². The molecule has 0 saturated heterocycles. The Labute approximate surface area is 94.9 Å². The van der Waals surface area contributed by atoms with Crippen molar-refractivity contribution in [2.24, 2.45) is 0 Å². The second-order valence-electron chi connectivity index (χ2n) is 4.59. The van der Waals surface area contributed by atoms with Crippen LogP contribution in [0.3, 0.4) is 0 Å². The maximum absolute atomic E-state index is 13.0. The lowest BCUT2D eigenvalue weighted by molar-refractivity contribution is 0.503. The van der Waals surface area contributed by atoms with Crippen molar-refractivity contribution in [2.45, 2.75) is 38.1 Å². The van der Waals surface area contributed by atoms with Gasteiger partial charge in [0.15, 0.2) is 11.6 Å². The second-order valence-corrected chi connectivity index (χ2v) is 4.59. The summed E-state index contributed by atoms with van der Waals surface area (Å²) in [5, 5.41) is 3.42. The van der Waals surface area contributed by atoms with Crippen molar-refractivity contribution < 1.29 is 8.78 Å². The predicted octanol–water partition coefficient (Wildman–Crippen LogP) is 3.21. The summed E-state index contributed by atoms with van der Waals surface area (Å²) < 4.78 is 25.8. The molecule has 16 heavy (non-hydrogen) atoms. The van der Waals surface area contributed by atoms with E-state index in [-0.39, 0.29) is 5.92 Å². The molecule has 0 spiro atoms. The molecule has 1 atom stereocenters. The van der Waals surface area contributed by atoms with E-state index in [1.165, 1.54) is 25.0 Å². The first kappa shape index (κ1) is 11.5. The highest BCUT2D eigenvalue weighted by Gasteiger charge is 2.20. The van der Waals surface area contributed by atoms with Gasteiger partial charge >= 0.3 is 0 Å². The molecule has 1 saturated carbocycles. The van der Waals surface area contributed by atoms with Gasteiger partial charge in [0.2, 0.25) is 0 Å². The Bertz CT molecular complexity index is 361. The minimum absolute atomic E-state index is 0.265. The van der Waals surface area contributed by atoms with Gasteiger partial charge in [-0.2, -0.15) is 0 Å². The smallest absolute Gasteiger partial charge is 0.159 e. The highest BCUT2D eigenvalue weighted by Crippen LogP contribution is 2.22. The van der Waals surface area contributed by atoms with Gasteiger partial charge in [-0.3, -0.25) is 0 Å². The number of hydrogen-bond acceptors (Lipinski definition) is 1. The number of nitrogens with one attached hydrogen (secondary N) is 1. The molecule has 2 rings (SSSR count). The van der Waals surface area contributed by atoms with E-state index in [9.17, 15) is 8.78 Å². The largest absolute Gasteiger partial charge is 0.314 e. The fourth-order valence-corrected chi connectivity index (χ4v) is 1.78. The third kappa shape index (κ3) is 3.01. The van der Waals surface area contributed by atoms with Gasteiger partial charge in [-0.1, -0.05) is 13.0 Å². The highest BCUT2D eigenvalue weighted by molar-refractivity contribution is 5.21. The molecule has 1 N–H and O–H groups in total. The summed E-state index contributed by atoms with van der Waals surface area (Å²) in [4.78, 5) is 0. The predicted molar refractivity (Wildman–Crippen MR) is 60.4 cm³/mol. The Morgan fingerprint density at radius 1 is 1.31 bits per heavy atom. The van der Waals surface area contributed by atoms with E-state index in [1.807, 2.05) is 6.92 Å². The van der Waals surface area contributed by atoms with E-state index < -0.39 is 11.6 Å². The van der Waals surface area contributed by atoms with Gasteiger partial charge in [-0.15, -0.1) is 0 Å². The van der Waals surface area contributed by atoms with Gasteiger partial charge in [0.1, 0.15) is 0 Å². The van der Waals surface area contributed by atoms with Gasteiger partial charge in [-0.25, -0.2) is 8.78 Å². The zero-order valence-electron chi connectivity index (χ0n) is 9.47. The van der Waals surface area contributed by atoms with E-state index in [4.69, 9.17) is 0 Å². The van der Waals surface area contributed by atoms with Crippen LogP contribution in [-0.4, -0.2) is 12.6 Å². The lowest BCUT2D eigenvalue weighted by Crippen LogP contribution is -2.19. The summed E-state index contributed by atoms with van der Waals surface area (Å²) >= 11 is 0. The molecule has 0 aromatic heterocycles. The van der Waals surface area contributed by atoms with E-state index >= 15 is 0 Å². The van der Waals surface area contributed by atoms with Crippen molar-refractivity contribution in [1.29, 1.82) is 0 Å². The molecule has 0 bridgehead atoms. The molecule has 0 aliphatic heterocycles. The summed E-state index contributed by atoms with van der Waals surface area (Å²) in [5.74, 6) is -1.26. The quantitative estimate of drug-likeness (QED) is 0.811. The molecule has 88 valence electrons. The lowest BCUT2D eigenvalue weighted by atomic mass is 9.97. The monoisotopic (exact) mass is 225 g/mol. The van der Waals surface area contributed by atoms with Crippen molar-refractivity contribution >= 4 is 0 Å². The van der Waals surface area contributed by atoms with Crippen LogP contribution in [0.15, 0.2) is 18.2 Å². The Morgan fingerprint density at radius 3 is 2.69 bits per heavy atom. The van der Waals surface area contributed by atoms with Crippen molar-refractivity contribution in [3.8, 4) is 0 Å². The summed E-state index contributed by atoms with van der Waals surface area (Å²) in [5.41, 5.74) is 0.872. The first-order valence-corrected chi connectivity index (χ1v) is 5.85. The van der Waals surface area contributed by atoms with Crippen LogP contribution in [0.2, 0.25) is 0 Å².